The molecule has 8 heteroatoms. The van der Waals surface area contributed by atoms with E-state index in [9.17, 15) is 9.59 Å². The summed E-state index contributed by atoms with van der Waals surface area (Å²) < 4.78 is 10.5. The average Bonchev–Trinajstić information content (AvgIpc) is 2.85. The number of esters is 2. The van der Waals surface area contributed by atoms with Crippen LogP contribution < -0.4 is 59.1 Å². The molecule has 0 spiro atoms. The van der Waals surface area contributed by atoms with Gasteiger partial charge in [-0.05, 0) is 12.8 Å². The summed E-state index contributed by atoms with van der Waals surface area (Å²) in [5.74, 6) is -0.561. The van der Waals surface area contributed by atoms with Gasteiger partial charge in [0.25, 0.3) is 6.47 Å². The summed E-state index contributed by atoms with van der Waals surface area (Å²) >= 11 is 0. The molecule has 0 fully saturated rings. The van der Waals surface area contributed by atoms with Crippen molar-refractivity contribution in [3.8, 4) is 0 Å². The third-order valence-electron chi connectivity index (χ3n) is 6.06. The first kappa shape index (κ1) is 44.4. The molecule has 0 aromatic rings. The molecule has 37 heavy (non-hydrogen) atoms. The molecule has 0 aromatic heterocycles. The van der Waals surface area contributed by atoms with Crippen molar-refractivity contribution in [2.24, 2.45) is 0 Å². The molecule has 0 radical (unpaired) electrons. The van der Waals surface area contributed by atoms with E-state index in [0.717, 1.165) is 25.7 Å². The molecule has 0 aliphatic heterocycles. The van der Waals surface area contributed by atoms with Gasteiger partial charge in [-0.25, -0.2) is 0 Å². The first-order valence-electron chi connectivity index (χ1n) is 14.5. The molecule has 0 saturated carbocycles. The van der Waals surface area contributed by atoms with E-state index in [1.54, 1.807) is 0 Å². The summed E-state index contributed by atoms with van der Waals surface area (Å²) in [6, 6.07) is 0. The van der Waals surface area contributed by atoms with E-state index < -0.39 is 0 Å². The van der Waals surface area contributed by atoms with Crippen LogP contribution in [0.15, 0.2) is 0 Å². The summed E-state index contributed by atoms with van der Waals surface area (Å²) in [6.07, 6.45) is 25.5. The van der Waals surface area contributed by atoms with Crippen LogP contribution in [-0.4, -0.2) is 36.7 Å². The Bertz CT molecular complexity index is 437. The summed E-state index contributed by atoms with van der Waals surface area (Å²) in [5.41, 5.74) is 0. The summed E-state index contributed by atoms with van der Waals surface area (Å²) in [5, 5.41) is 6.89. The van der Waals surface area contributed by atoms with Gasteiger partial charge in [0, 0.05) is 0 Å². The van der Waals surface area contributed by atoms with E-state index in [1.807, 2.05) is 0 Å². The number of carbonyl (C=O) groups is 3. The van der Waals surface area contributed by atoms with Crippen molar-refractivity contribution in [3.05, 3.63) is 0 Å². The number of ether oxygens (including phenoxy) is 2. The second-order valence-electron chi connectivity index (χ2n) is 9.41. The number of hydrogen-bond donors (Lipinski definition) is 1. The maximum absolute atomic E-state index is 11.7. The quantitative estimate of drug-likeness (QED) is 0.0817. The van der Waals surface area contributed by atoms with Crippen LogP contribution in [0, 0.1) is 0 Å². The van der Waals surface area contributed by atoms with Crippen molar-refractivity contribution in [3.63, 3.8) is 0 Å². The van der Waals surface area contributed by atoms with Gasteiger partial charge in [-0.3, -0.25) is 14.4 Å². The Hall–Kier alpha value is 0.410. The normalized spacial score (nSPS) is 9.78. The Balaban J connectivity index is -0.000000370. The van der Waals surface area contributed by atoms with Crippen molar-refractivity contribution in [1.82, 2.24) is 0 Å². The number of carbonyl (C=O) groups excluding carboxylic acids is 2. The minimum atomic E-state index is -0.281. The third kappa shape index (κ3) is 43.7. The smallest absolute Gasteiger partial charge is 1.00 e. The van der Waals surface area contributed by atoms with Crippen molar-refractivity contribution in [1.29, 1.82) is 0 Å². The topological polar surface area (TPSA) is 89.9 Å². The molecule has 0 bridgehead atoms. The number of unbranched alkanes of at least 4 members (excludes halogenated alkanes) is 18. The van der Waals surface area contributed by atoms with E-state index in [1.165, 1.54) is 103 Å². The Kier molecular flexibility index (Phi) is 49.1. The first-order valence-corrected chi connectivity index (χ1v) is 14.5. The molecular formula is C29H58Na2O6. The molecule has 0 saturated heterocycles. The standard InChI is InChI=1S/C28H54O4.CH2O2.2Na.2H/c1-3-5-7-9-11-13-15-17-19-21-25-31-27(29)23-24-28(30)32-26-22-20-18-16-14-12-10-8-6-4-2;2-1-3;;;;/h3-26H2,1-2H3;1H,(H,2,3);;;;/q;;2*+1;2*-1. The van der Waals surface area contributed by atoms with Crippen LogP contribution in [0.25, 0.3) is 0 Å². The Labute approximate surface area is 275 Å². The van der Waals surface area contributed by atoms with Gasteiger partial charge in [0.15, 0.2) is 0 Å². The maximum Gasteiger partial charge on any atom is 1.00 e. The zero-order valence-corrected chi connectivity index (χ0v) is 29.0. The van der Waals surface area contributed by atoms with Gasteiger partial charge in [-0.15, -0.1) is 0 Å². The summed E-state index contributed by atoms with van der Waals surface area (Å²) in [7, 11) is 0. The van der Waals surface area contributed by atoms with Crippen LogP contribution in [0.4, 0.5) is 0 Å². The van der Waals surface area contributed by atoms with Gasteiger partial charge in [0.2, 0.25) is 0 Å². The van der Waals surface area contributed by atoms with E-state index in [-0.39, 0.29) is 93.2 Å². The number of carboxylic acid groups (broad SMARTS) is 1. The summed E-state index contributed by atoms with van der Waals surface area (Å²) in [4.78, 5) is 31.8. The van der Waals surface area contributed by atoms with E-state index in [4.69, 9.17) is 19.4 Å². The number of hydrogen-bond acceptors (Lipinski definition) is 5. The molecule has 0 amide bonds. The minimum Gasteiger partial charge on any atom is -1.00 e. The van der Waals surface area contributed by atoms with Gasteiger partial charge < -0.3 is 17.4 Å². The number of rotatable bonds is 25. The van der Waals surface area contributed by atoms with Crippen molar-refractivity contribution < 1.29 is 90.9 Å². The zero-order valence-electron chi connectivity index (χ0n) is 27.0. The molecule has 0 atom stereocenters. The predicted octanol–water partition coefficient (Wildman–Crippen LogP) is 2.63. The van der Waals surface area contributed by atoms with E-state index in [2.05, 4.69) is 13.8 Å². The largest absolute Gasteiger partial charge is 1.00 e. The molecule has 1 N–H and O–H groups in total. The fourth-order valence-electron chi connectivity index (χ4n) is 3.90. The zero-order chi connectivity index (χ0) is 26.2. The molecule has 212 valence electrons. The van der Waals surface area contributed by atoms with Gasteiger partial charge in [-0.1, -0.05) is 129 Å². The SMILES string of the molecule is CCCCCCCCCCCCOC(=O)CCC(=O)OCCCCCCCCCCCC.O=CO.[H-].[H-].[Na+].[Na+]. The monoisotopic (exact) mass is 548 g/mol. The second kappa shape index (κ2) is 40.9. The van der Waals surface area contributed by atoms with Crippen molar-refractivity contribution in [2.45, 2.75) is 155 Å². The van der Waals surface area contributed by atoms with Gasteiger partial charge in [-0.2, -0.15) is 0 Å². The third-order valence-corrected chi connectivity index (χ3v) is 6.06. The molecule has 0 heterocycles. The Morgan fingerprint density at radius 3 is 1.00 bits per heavy atom. The molecule has 6 nitrogen and oxygen atoms in total. The molecular weight excluding hydrogens is 490 g/mol. The molecule has 0 aliphatic rings. The fourth-order valence-corrected chi connectivity index (χ4v) is 3.90. The molecule has 0 rings (SSSR count). The van der Waals surface area contributed by atoms with Crippen LogP contribution in [0.3, 0.4) is 0 Å². The van der Waals surface area contributed by atoms with Gasteiger partial charge >= 0.3 is 71.1 Å². The molecule has 0 aromatic carbocycles. The molecule has 0 aliphatic carbocycles. The van der Waals surface area contributed by atoms with Crippen LogP contribution in [0.5, 0.6) is 0 Å². The first-order chi connectivity index (χ1) is 17.1. The van der Waals surface area contributed by atoms with Gasteiger partial charge in [0.05, 0.1) is 26.1 Å². The maximum atomic E-state index is 11.7. The fraction of sp³-hybridized carbons (Fsp3) is 0.897. The van der Waals surface area contributed by atoms with E-state index in [0.29, 0.717) is 13.2 Å². The second-order valence-corrected chi connectivity index (χ2v) is 9.41. The van der Waals surface area contributed by atoms with Crippen molar-refractivity contribution >= 4 is 18.4 Å². The predicted molar refractivity (Wildman–Crippen MR) is 146 cm³/mol. The van der Waals surface area contributed by atoms with Crippen LogP contribution >= 0.6 is 0 Å². The van der Waals surface area contributed by atoms with E-state index >= 15 is 0 Å². The minimum absolute atomic E-state index is 0. The van der Waals surface area contributed by atoms with Gasteiger partial charge in [0.1, 0.15) is 0 Å². The molecule has 0 unspecified atom stereocenters. The van der Waals surface area contributed by atoms with Crippen LogP contribution in [-0.2, 0) is 23.9 Å². The Morgan fingerprint density at radius 1 is 0.541 bits per heavy atom. The van der Waals surface area contributed by atoms with Crippen molar-refractivity contribution in [2.75, 3.05) is 13.2 Å². The summed E-state index contributed by atoms with van der Waals surface area (Å²) in [6.45, 7) is 5.20. The van der Waals surface area contributed by atoms with Crippen LogP contribution in [0.2, 0.25) is 0 Å². The Morgan fingerprint density at radius 2 is 0.757 bits per heavy atom. The van der Waals surface area contributed by atoms with Crippen LogP contribution in [0.1, 0.15) is 158 Å². The average molecular weight is 549 g/mol.